The molecule has 1 fully saturated rings. The van der Waals surface area contributed by atoms with Gasteiger partial charge in [0.2, 0.25) is 10.0 Å². The zero-order chi connectivity index (χ0) is 14.6. The van der Waals surface area contributed by atoms with Gasteiger partial charge in [0.15, 0.2) is 0 Å². The average Bonchev–Trinajstić information content (AvgIpc) is 2.38. The zero-order valence-corrected chi connectivity index (χ0v) is 12.8. The number of nitrogens with zero attached hydrogens (tertiary/aromatic N) is 3. The van der Waals surface area contributed by atoms with Crippen LogP contribution in [0.5, 0.6) is 0 Å². The lowest BCUT2D eigenvalue weighted by Crippen LogP contribution is -2.59. The maximum atomic E-state index is 11.8. The van der Waals surface area contributed by atoms with E-state index < -0.39 is 16.1 Å². The van der Waals surface area contributed by atoms with Gasteiger partial charge in [0.05, 0.1) is 19.5 Å². The number of ether oxygens (including phenoxy) is 1. The second-order valence-corrected chi connectivity index (χ2v) is 6.65. The van der Waals surface area contributed by atoms with Gasteiger partial charge in [-0.3, -0.25) is 0 Å². The second kappa shape index (κ2) is 6.53. The summed E-state index contributed by atoms with van der Waals surface area (Å²) < 4.78 is 29.4. The highest BCUT2D eigenvalue weighted by atomic mass is 32.2. The van der Waals surface area contributed by atoms with Crippen molar-refractivity contribution in [2.75, 3.05) is 33.5 Å². The lowest BCUT2D eigenvalue weighted by Gasteiger charge is -2.44. The normalized spacial score (nSPS) is 21.4. The summed E-state index contributed by atoms with van der Waals surface area (Å²) in [5.74, 6) is 0. The molecule has 0 saturated carbocycles. The molecule has 1 atom stereocenters. The Hall–Kier alpha value is -0.860. The van der Waals surface area contributed by atoms with E-state index in [1.807, 2.05) is 6.92 Å². The maximum Gasteiger partial charge on any atom is 0.424 e. The molecule has 1 rings (SSSR count). The van der Waals surface area contributed by atoms with E-state index in [0.717, 1.165) is 12.8 Å². The Balaban J connectivity index is 2.97. The molecular weight excluding hydrogens is 270 g/mol. The third-order valence-corrected chi connectivity index (χ3v) is 4.67. The molecule has 1 aliphatic rings. The summed E-state index contributed by atoms with van der Waals surface area (Å²) in [5, 5.41) is 3.25. The molecule has 0 N–H and O–H groups in total. The van der Waals surface area contributed by atoms with Crippen molar-refractivity contribution >= 4 is 16.1 Å². The van der Waals surface area contributed by atoms with Gasteiger partial charge in [-0.25, -0.2) is 18.2 Å². The molecule has 1 amide bonds. The van der Waals surface area contributed by atoms with Gasteiger partial charge in [0, 0.05) is 20.1 Å². The number of hydrogen-bond donors (Lipinski definition) is 0. The molecule has 1 aliphatic heterocycles. The fraction of sp³-hybridized carbons (Fsp3) is 0.909. The summed E-state index contributed by atoms with van der Waals surface area (Å²) in [6, 6.07) is 0. The maximum absolute atomic E-state index is 11.8. The van der Waals surface area contributed by atoms with Crippen LogP contribution in [0, 0.1) is 0 Å². The predicted molar refractivity (Wildman–Crippen MR) is 71.7 cm³/mol. The summed E-state index contributed by atoms with van der Waals surface area (Å²) in [6.45, 7) is 2.93. The number of sulfonamides is 1. The first-order chi connectivity index (χ1) is 8.82. The number of methoxy groups -OCH3 is 1. The number of hydrogen-bond acceptors (Lipinski definition) is 5. The van der Waals surface area contributed by atoms with Crippen molar-refractivity contribution in [3.8, 4) is 0 Å². The van der Waals surface area contributed by atoms with Crippen LogP contribution in [0.2, 0.25) is 0 Å². The molecule has 0 aliphatic carbocycles. The van der Waals surface area contributed by atoms with Crippen molar-refractivity contribution in [2.45, 2.75) is 32.4 Å². The quantitative estimate of drug-likeness (QED) is 0.763. The van der Waals surface area contributed by atoms with Crippen LogP contribution in [-0.2, 0) is 14.8 Å². The molecule has 112 valence electrons. The minimum Gasteiger partial charge on any atom is -0.452 e. The molecule has 0 radical (unpaired) electrons. The zero-order valence-electron chi connectivity index (χ0n) is 12.0. The Morgan fingerprint density at radius 2 is 2.05 bits per heavy atom. The molecule has 0 aromatic rings. The standard InChI is InChI=1S/C11H23N3O4S/c1-5-13(11(15)18-3)14-9-7-6-8-10(14)12(2)19(4,16)17/h10H,5-9H2,1-4H3. The van der Waals surface area contributed by atoms with Gasteiger partial charge in [-0.15, -0.1) is 0 Å². The highest BCUT2D eigenvalue weighted by molar-refractivity contribution is 7.88. The lowest BCUT2D eigenvalue weighted by atomic mass is 10.1. The predicted octanol–water partition coefficient (Wildman–Crippen LogP) is 0.693. The molecule has 8 heteroatoms. The second-order valence-electron chi connectivity index (χ2n) is 4.60. The van der Waals surface area contributed by atoms with Crippen LogP contribution in [0.25, 0.3) is 0 Å². The number of rotatable bonds is 4. The van der Waals surface area contributed by atoms with Crippen LogP contribution in [0.4, 0.5) is 4.79 Å². The molecule has 0 aromatic heterocycles. The molecule has 1 unspecified atom stereocenters. The molecular formula is C11H23N3O4S. The molecule has 0 bridgehead atoms. The van der Waals surface area contributed by atoms with Gasteiger partial charge in [0.25, 0.3) is 0 Å². The first-order valence-electron chi connectivity index (χ1n) is 6.38. The van der Waals surface area contributed by atoms with E-state index >= 15 is 0 Å². The number of carbonyl (C=O) groups excluding carboxylic acids is 1. The van der Waals surface area contributed by atoms with Crippen LogP contribution in [0.3, 0.4) is 0 Å². The highest BCUT2D eigenvalue weighted by Gasteiger charge is 2.35. The monoisotopic (exact) mass is 293 g/mol. The highest BCUT2D eigenvalue weighted by Crippen LogP contribution is 2.23. The lowest BCUT2D eigenvalue weighted by molar-refractivity contribution is -0.0884. The summed E-state index contributed by atoms with van der Waals surface area (Å²) in [6.07, 6.45) is 2.96. The van der Waals surface area contributed by atoms with Crippen LogP contribution >= 0.6 is 0 Å². The van der Waals surface area contributed by atoms with Gasteiger partial charge in [0.1, 0.15) is 0 Å². The number of carbonyl (C=O) groups is 1. The Kier molecular flexibility index (Phi) is 5.57. The minimum absolute atomic E-state index is 0.331. The molecule has 0 spiro atoms. The topological polar surface area (TPSA) is 70.2 Å². The number of piperidine rings is 1. The average molecular weight is 293 g/mol. The summed E-state index contributed by atoms with van der Waals surface area (Å²) in [7, 11) is -0.428. The van der Waals surface area contributed by atoms with Crippen molar-refractivity contribution in [1.82, 2.24) is 14.3 Å². The van der Waals surface area contributed by atoms with E-state index in [4.69, 9.17) is 4.74 Å². The third-order valence-electron chi connectivity index (χ3n) is 3.38. The van der Waals surface area contributed by atoms with E-state index in [0.29, 0.717) is 19.5 Å². The fourth-order valence-electron chi connectivity index (χ4n) is 2.29. The first kappa shape index (κ1) is 16.2. The summed E-state index contributed by atoms with van der Waals surface area (Å²) >= 11 is 0. The number of hydrazine groups is 1. The van der Waals surface area contributed by atoms with Crippen LogP contribution in [-0.4, -0.2) is 68.5 Å². The molecule has 1 saturated heterocycles. The van der Waals surface area contributed by atoms with Crippen molar-refractivity contribution in [3.05, 3.63) is 0 Å². The largest absolute Gasteiger partial charge is 0.452 e. The van der Waals surface area contributed by atoms with E-state index in [9.17, 15) is 13.2 Å². The Bertz CT molecular complexity index is 412. The van der Waals surface area contributed by atoms with Gasteiger partial charge in [-0.1, -0.05) is 0 Å². The van der Waals surface area contributed by atoms with E-state index in [-0.39, 0.29) is 6.17 Å². The van der Waals surface area contributed by atoms with Crippen molar-refractivity contribution in [1.29, 1.82) is 0 Å². The Morgan fingerprint density at radius 3 is 2.53 bits per heavy atom. The third kappa shape index (κ3) is 3.80. The van der Waals surface area contributed by atoms with Crippen LogP contribution in [0.1, 0.15) is 26.2 Å². The van der Waals surface area contributed by atoms with Gasteiger partial charge in [-0.05, 0) is 26.2 Å². The van der Waals surface area contributed by atoms with E-state index in [2.05, 4.69) is 0 Å². The van der Waals surface area contributed by atoms with Crippen molar-refractivity contribution < 1.29 is 17.9 Å². The summed E-state index contributed by atoms with van der Waals surface area (Å²) in [5.41, 5.74) is 0. The Labute approximate surface area is 115 Å². The fourth-order valence-corrected chi connectivity index (χ4v) is 2.95. The molecule has 1 heterocycles. The van der Waals surface area contributed by atoms with E-state index in [1.165, 1.54) is 22.7 Å². The summed E-state index contributed by atoms with van der Waals surface area (Å²) in [4.78, 5) is 11.8. The van der Waals surface area contributed by atoms with Crippen molar-refractivity contribution in [2.24, 2.45) is 0 Å². The van der Waals surface area contributed by atoms with Gasteiger partial charge >= 0.3 is 6.09 Å². The Morgan fingerprint density at radius 1 is 1.42 bits per heavy atom. The molecule has 19 heavy (non-hydrogen) atoms. The minimum atomic E-state index is -3.30. The smallest absolute Gasteiger partial charge is 0.424 e. The first-order valence-corrected chi connectivity index (χ1v) is 8.22. The molecule has 7 nitrogen and oxygen atoms in total. The van der Waals surface area contributed by atoms with Crippen molar-refractivity contribution in [3.63, 3.8) is 0 Å². The van der Waals surface area contributed by atoms with Crippen LogP contribution in [0.15, 0.2) is 0 Å². The number of amides is 1. The van der Waals surface area contributed by atoms with Gasteiger partial charge in [-0.2, -0.15) is 9.31 Å². The van der Waals surface area contributed by atoms with E-state index in [1.54, 1.807) is 12.1 Å². The van der Waals surface area contributed by atoms with Crippen LogP contribution < -0.4 is 0 Å². The van der Waals surface area contributed by atoms with Gasteiger partial charge < -0.3 is 4.74 Å². The SMILES string of the molecule is CCN(C(=O)OC)N1CCCCC1N(C)S(C)(=O)=O. The molecule has 0 aromatic carbocycles.